The second-order valence-electron chi connectivity index (χ2n) is 13.2. The van der Waals surface area contributed by atoms with Crippen LogP contribution >= 0.6 is 11.6 Å². The van der Waals surface area contributed by atoms with Crippen molar-refractivity contribution in [2.24, 2.45) is 11.8 Å². The topological polar surface area (TPSA) is 114 Å². The summed E-state index contributed by atoms with van der Waals surface area (Å²) in [6, 6.07) is 5.68. The number of rotatable bonds is 8. The van der Waals surface area contributed by atoms with Crippen molar-refractivity contribution in [1.29, 1.82) is 0 Å². The van der Waals surface area contributed by atoms with Gasteiger partial charge < -0.3 is 34.7 Å². The lowest BCUT2D eigenvalue weighted by Gasteiger charge is -2.42. The highest BCUT2D eigenvalue weighted by molar-refractivity contribution is 6.33. The number of nitrogens with zero attached hydrogens (tertiary/aromatic N) is 4. The average Bonchev–Trinajstić information content (AvgIpc) is 3.83. The molecule has 3 aromatic rings. The zero-order valence-corrected chi connectivity index (χ0v) is 26.2. The third-order valence-electron chi connectivity index (χ3n) is 9.64. The fraction of sp³-hybridized carbons (Fsp3) is 0.594. The lowest BCUT2D eigenvalue weighted by Crippen LogP contribution is -2.52. The van der Waals surface area contributed by atoms with Gasteiger partial charge in [0, 0.05) is 56.1 Å². The van der Waals surface area contributed by atoms with Gasteiger partial charge in [0.15, 0.2) is 5.82 Å². The third-order valence-corrected chi connectivity index (χ3v) is 9.92. The van der Waals surface area contributed by atoms with Crippen LogP contribution in [0.1, 0.15) is 51.9 Å². The molecule has 2 aliphatic carbocycles. The van der Waals surface area contributed by atoms with Gasteiger partial charge in [0.2, 0.25) is 17.6 Å². The van der Waals surface area contributed by atoms with E-state index in [0.717, 1.165) is 24.6 Å². The monoisotopic (exact) mass is 644 g/mol. The summed E-state index contributed by atoms with van der Waals surface area (Å²) in [5, 5.41) is 18.4. The molecule has 3 N–H and O–H groups in total. The fourth-order valence-corrected chi connectivity index (χ4v) is 7.48. The van der Waals surface area contributed by atoms with Crippen molar-refractivity contribution in [1.82, 2.24) is 14.5 Å². The molecule has 13 heteroatoms. The molecule has 4 unspecified atom stereocenters. The van der Waals surface area contributed by atoms with Crippen LogP contribution < -0.4 is 25.8 Å². The largest absolute Gasteiger partial charge is 0.486 e. The van der Waals surface area contributed by atoms with Crippen molar-refractivity contribution in [3.63, 3.8) is 0 Å². The zero-order valence-electron chi connectivity index (χ0n) is 25.4. The second-order valence-corrected chi connectivity index (χ2v) is 13.6. The van der Waals surface area contributed by atoms with E-state index in [1.165, 1.54) is 0 Å². The number of piperidine rings is 1. The van der Waals surface area contributed by atoms with Gasteiger partial charge in [-0.2, -0.15) is 4.98 Å². The Balaban J connectivity index is 1.26. The van der Waals surface area contributed by atoms with E-state index in [1.807, 2.05) is 25.1 Å². The van der Waals surface area contributed by atoms with E-state index in [9.17, 15) is 18.7 Å². The lowest BCUT2D eigenvalue weighted by atomic mass is 9.81. The van der Waals surface area contributed by atoms with Crippen molar-refractivity contribution in [2.45, 2.75) is 88.6 Å². The minimum absolute atomic E-state index is 0.0168. The van der Waals surface area contributed by atoms with E-state index in [4.69, 9.17) is 26.1 Å². The van der Waals surface area contributed by atoms with E-state index in [2.05, 4.69) is 20.5 Å². The van der Waals surface area contributed by atoms with Crippen LogP contribution in [-0.2, 0) is 11.3 Å². The predicted octanol–water partition coefficient (Wildman–Crippen LogP) is 5.57. The lowest BCUT2D eigenvalue weighted by molar-refractivity contribution is -0.114. The molecule has 2 saturated carbocycles. The van der Waals surface area contributed by atoms with Gasteiger partial charge in [-0.1, -0.05) is 11.6 Å². The summed E-state index contributed by atoms with van der Waals surface area (Å²) in [7, 11) is 1.63. The molecule has 7 rings (SSSR count). The summed E-state index contributed by atoms with van der Waals surface area (Å²) < 4.78 is 40.6. The van der Waals surface area contributed by atoms with Crippen LogP contribution in [0.5, 0.6) is 5.75 Å². The van der Waals surface area contributed by atoms with Gasteiger partial charge in [-0.15, -0.1) is 0 Å². The summed E-state index contributed by atoms with van der Waals surface area (Å²) in [4.78, 5) is 25.2. The summed E-state index contributed by atoms with van der Waals surface area (Å²) in [6.45, 7) is 3.06. The van der Waals surface area contributed by atoms with Crippen LogP contribution in [0.4, 0.5) is 31.9 Å². The van der Waals surface area contributed by atoms with Gasteiger partial charge in [-0.3, -0.25) is 4.79 Å². The number of fused-ring (bicyclic) bond motifs is 3. The number of benzene rings is 1. The number of methoxy groups -OCH3 is 1. The summed E-state index contributed by atoms with van der Waals surface area (Å²) in [5.41, 5.74) is 1.68. The highest BCUT2D eigenvalue weighted by Gasteiger charge is 2.45. The van der Waals surface area contributed by atoms with Gasteiger partial charge in [-0.25, -0.2) is 13.8 Å². The molecule has 0 radical (unpaired) electrons. The Morgan fingerprint density at radius 3 is 2.78 bits per heavy atom. The Morgan fingerprint density at radius 1 is 1.24 bits per heavy atom. The first-order valence-electron chi connectivity index (χ1n) is 15.8. The zero-order chi connectivity index (χ0) is 31.5. The third kappa shape index (κ3) is 6.04. The number of aliphatic hydroxyl groups excluding tert-OH is 1. The van der Waals surface area contributed by atoms with Crippen LogP contribution in [0.2, 0.25) is 5.02 Å². The number of aliphatic hydroxyl groups is 1. The molecule has 2 aliphatic heterocycles. The number of hydrogen-bond donors (Lipinski definition) is 3. The minimum atomic E-state index is -2.67. The number of halogens is 3. The van der Waals surface area contributed by atoms with E-state index >= 15 is 0 Å². The first-order chi connectivity index (χ1) is 21.6. The molecule has 0 spiro atoms. The van der Waals surface area contributed by atoms with Crippen LogP contribution in [0, 0.1) is 11.8 Å². The number of hydrogen-bond acceptors (Lipinski definition) is 9. The molecule has 2 aromatic heterocycles. The van der Waals surface area contributed by atoms with Crippen LogP contribution in [0.3, 0.4) is 0 Å². The number of aromatic nitrogens is 3. The molecule has 0 bridgehead atoms. The number of anilines is 4. The molecule has 3 fully saturated rings. The SMILES string of the molecule is COCC1CC(O)CC(C)N1c1ncc(Cl)c(Nc2ccc3c(c2)c2c(c(=O)n3CC3CC(F)(F)C3)OCCC(C3CC3)N2)n1. The Labute approximate surface area is 265 Å². The molecule has 45 heavy (non-hydrogen) atoms. The molecule has 1 aromatic carbocycles. The molecule has 0 amide bonds. The fourth-order valence-electron chi connectivity index (χ4n) is 7.34. The van der Waals surface area contributed by atoms with Crippen molar-refractivity contribution in [2.75, 3.05) is 35.9 Å². The summed E-state index contributed by atoms with van der Waals surface area (Å²) >= 11 is 6.60. The van der Waals surface area contributed by atoms with Crippen molar-refractivity contribution < 1.29 is 23.4 Å². The van der Waals surface area contributed by atoms with E-state index < -0.39 is 12.0 Å². The maximum atomic E-state index is 13.8. The van der Waals surface area contributed by atoms with Crippen LogP contribution in [0.15, 0.2) is 29.2 Å². The first kappa shape index (κ1) is 30.4. The van der Waals surface area contributed by atoms with E-state index in [-0.39, 0.29) is 54.7 Å². The van der Waals surface area contributed by atoms with Crippen molar-refractivity contribution >= 4 is 45.6 Å². The first-order valence-corrected chi connectivity index (χ1v) is 16.2. The van der Waals surface area contributed by atoms with Crippen molar-refractivity contribution in [3.05, 3.63) is 39.8 Å². The van der Waals surface area contributed by atoms with Gasteiger partial charge in [0.25, 0.3) is 5.56 Å². The average molecular weight is 645 g/mol. The van der Waals surface area contributed by atoms with Crippen LogP contribution in [0.25, 0.3) is 10.9 Å². The smallest absolute Gasteiger partial charge is 0.295 e. The molecule has 10 nitrogen and oxygen atoms in total. The van der Waals surface area contributed by atoms with Gasteiger partial charge in [0.05, 0.1) is 42.8 Å². The summed E-state index contributed by atoms with van der Waals surface area (Å²) in [6.07, 6.45) is 4.86. The maximum Gasteiger partial charge on any atom is 0.295 e. The maximum absolute atomic E-state index is 13.8. The molecule has 4 aliphatic rings. The molecular formula is C32H39ClF2N6O4. The molecule has 4 heterocycles. The number of pyridine rings is 1. The highest BCUT2D eigenvalue weighted by Crippen LogP contribution is 2.45. The van der Waals surface area contributed by atoms with Gasteiger partial charge in [0.1, 0.15) is 5.02 Å². The number of nitrogens with one attached hydrogen (secondary N) is 2. The second kappa shape index (κ2) is 11.9. The number of alkyl halides is 2. The molecular weight excluding hydrogens is 606 g/mol. The van der Waals surface area contributed by atoms with Crippen LogP contribution in [-0.4, -0.2) is 70.1 Å². The normalized spacial score (nSPS) is 26.4. The quantitative estimate of drug-likeness (QED) is 0.290. The van der Waals surface area contributed by atoms with E-state index in [1.54, 1.807) is 17.9 Å². The van der Waals surface area contributed by atoms with Gasteiger partial charge >= 0.3 is 0 Å². The predicted molar refractivity (Wildman–Crippen MR) is 169 cm³/mol. The Bertz CT molecular complexity index is 1640. The van der Waals surface area contributed by atoms with Gasteiger partial charge in [-0.05, 0) is 62.6 Å². The molecule has 1 saturated heterocycles. The standard InChI is InChI=1S/C32H39ClF2N6O4/c1-17-9-22(42)11-21(16-44-2)41(17)31-36-14-24(33)29(39-31)37-20-5-6-26-23(10-20)27-28(45-8-7-25(38-27)19-3-4-19)30(43)40(26)15-18-12-32(34,35)13-18/h5-6,10,14,17-19,21-22,25,38,42H,3-4,7-9,11-13,15-16H2,1-2H3,(H,36,37,39). The Morgan fingerprint density at radius 2 is 2.04 bits per heavy atom. The summed E-state index contributed by atoms with van der Waals surface area (Å²) in [5.74, 6) is -1.30. The highest BCUT2D eigenvalue weighted by atomic mass is 35.5. The Kier molecular flexibility index (Phi) is 8.02. The van der Waals surface area contributed by atoms with E-state index in [0.29, 0.717) is 65.7 Å². The molecule has 242 valence electrons. The number of ether oxygens (including phenoxy) is 2. The Hall–Kier alpha value is -3.22. The molecule has 4 atom stereocenters. The van der Waals surface area contributed by atoms with Crippen molar-refractivity contribution in [3.8, 4) is 5.75 Å². The minimum Gasteiger partial charge on any atom is -0.486 e.